The molecule has 4 N–H and O–H groups in total. The van der Waals surface area contributed by atoms with Gasteiger partial charge in [0, 0.05) is 12.6 Å². The van der Waals surface area contributed by atoms with Crippen molar-refractivity contribution in [2.45, 2.75) is 49.4 Å². The highest BCUT2D eigenvalue weighted by Crippen LogP contribution is 2.46. The lowest BCUT2D eigenvalue weighted by atomic mass is 9.82. The number of hydrogen-bond acceptors (Lipinski definition) is 9. The Labute approximate surface area is 240 Å². The summed E-state index contributed by atoms with van der Waals surface area (Å²) in [4.78, 5) is 26.9. The van der Waals surface area contributed by atoms with Crippen molar-refractivity contribution < 1.29 is 40.1 Å². The van der Waals surface area contributed by atoms with Crippen LogP contribution in [0, 0.1) is 11.2 Å². The van der Waals surface area contributed by atoms with Gasteiger partial charge in [0.15, 0.2) is 4.36 Å². The van der Waals surface area contributed by atoms with Crippen LogP contribution in [0.5, 0.6) is 5.75 Å². The fraction of sp³-hybridized carbons (Fsp3) is 0.308. The molecule has 0 unspecified atom stereocenters. The molecule has 2 aromatic carbocycles. The smallest absolute Gasteiger partial charge is 0.312 e. The number of rotatable bonds is 8. The highest BCUT2D eigenvalue weighted by molar-refractivity contribution is 7.97. The van der Waals surface area contributed by atoms with Gasteiger partial charge in [0.2, 0.25) is 15.7 Å². The second-order valence-corrected chi connectivity index (χ2v) is 14.8. The quantitative estimate of drug-likeness (QED) is 0.373. The summed E-state index contributed by atoms with van der Waals surface area (Å²) in [6.45, 7) is 2.65. The molecule has 2 heterocycles. The van der Waals surface area contributed by atoms with Crippen LogP contribution in [0.25, 0.3) is 0 Å². The molecule has 2 amide bonds. The third-order valence-corrected chi connectivity index (χ3v) is 11.3. The van der Waals surface area contributed by atoms with Gasteiger partial charge in [-0.3, -0.25) is 9.59 Å². The van der Waals surface area contributed by atoms with Gasteiger partial charge in [-0.25, -0.2) is 12.8 Å². The number of amides is 2. The first kappa shape index (κ1) is 28.9. The molecule has 1 fully saturated rings. The predicted molar refractivity (Wildman–Crippen MR) is 146 cm³/mol. The van der Waals surface area contributed by atoms with Crippen LogP contribution in [-0.4, -0.2) is 49.9 Å². The maximum atomic E-state index is 13.8. The highest BCUT2D eigenvalue weighted by atomic mass is 35.5. The number of nitrogens with zero attached hydrogens (tertiary/aromatic N) is 1. The van der Waals surface area contributed by atoms with Crippen LogP contribution in [0.1, 0.15) is 32.3 Å². The summed E-state index contributed by atoms with van der Waals surface area (Å²) in [5.74, 6) is -3.10. The Kier molecular flexibility index (Phi) is 6.86. The van der Waals surface area contributed by atoms with Gasteiger partial charge in [-0.05, 0) is 56.5 Å². The normalized spacial score (nSPS) is 20.6. The number of hydrogen-bond donors (Lipinski definition) is 3. The molecule has 15 heteroatoms. The van der Waals surface area contributed by atoms with Gasteiger partial charge in [0.05, 0.1) is 26.9 Å². The minimum atomic E-state index is -4.53. The number of aliphatic hydroxyl groups excluding tert-OH is 1. The Morgan fingerprint density at radius 1 is 1.22 bits per heavy atom. The maximum Gasteiger partial charge on any atom is 0.312 e. The van der Waals surface area contributed by atoms with E-state index < -0.39 is 80.6 Å². The van der Waals surface area contributed by atoms with E-state index in [0.29, 0.717) is 18.4 Å². The lowest BCUT2D eigenvalue weighted by Gasteiger charge is -2.35. The molecule has 2 aliphatic heterocycles. The molecule has 0 aromatic heterocycles. The number of primary amides is 1. The Morgan fingerprint density at radius 2 is 1.85 bits per heavy atom. The average molecular weight is 626 g/mol. The van der Waals surface area contributed by atoms with Crippen molar-refractivity contribution in [3.05, 3.63) is 75.2 Å². The maximum absolute atomic E-state index is 13.8. The van der Waals surface area contributed by atoms with E-state index in [1.54, 1.807) is 0 Å². The third kappa shape index (κ3) is 4.93. The van der Waals surface area contributed by atoms with Gasteiger partial charge in [0.1, 0.15) is 28.9 Å². The molecule has 1 atom stereocenters. The molecule has 41 heavy (non-hydrogen) atoms. The number of anilines is 1. The number of carbonyl (C=O) groups is 2. The highest BCUT2D eigenvalue weighted by Gasteiger charge is 2.52. The van der Waals surface area contributed by atoms with Gasteiger partial charge in [0.25, 0.3) is 5.91 Å². The number of nitrogens with two attached hydrogens (primary N) is 1. The number of benzene rings is 2. The van der Waals surface area contributed by atoms with Crippen LogP contribution in [0.2, 0.25) is 0 Å². The average Bonchev–Trinajstić information content (AvgIpc) is 3.71. The Morgan fingerprint density at radius 3 is 2.44 bits per heavy atom. The van der Waals surface area contributed by atoms with Crippen molar-refractivity contribution >= 4 is 49.1 Å². The third-order valence-electron chi connectivity index (χ3n) is 7.22. The lowest BCUT2D eigenvalue weighted by molar-refractivity contribution is -0.135. The molecule has 0 saturated heterocycles. The number of nitrogens with one attached hydrogen (secondary N) is 1. The van der Waals surface area contributed by atoms with Gasteiger partial charge < -0.3 is 25.2 Å². The van der Waals surface area contributed by atoms with Crippen molar-refractivity contribution in [2.75, 3.05) is 5.32 Å². The standard InChI is InChI=1S/C26H25ClFN3O8S2/c1-26(2,25(29)34)22-21(32)19(24(33)31(22)12-13-3-5-14(28)6-4-13)20-23(27)40(35,36)18-11-15(7-10-17(18)30-20)39-41(37,38)16-8-9-16/h3-7,10-11,16,22,30,32H,8-9,12H2,1-2H3,(H2,29,34)/t22-/m1/s1. The minimum Gasteiger partial charge on any atom is -0.509 e. The molecule has 1 aliphatic carbocycles. The van der Waals surface area contributed by atoms with E-state index in [1.807, 2.05) is 0 Å². The monoisotopic (exact) mass is 625 g/mol. The summed E-state index contributed by atoms with van der Waals surface area (Å²) >= 11 is 6.33. The van der Waals surface area contributed by atoms with Crippen molar-refractivity contribution in [3.63, 3.8) is 0 Å². The van der Waals surface area contributed by atoms with Crippen molar-refractivity contribution in [2.24, 2.45) is 11.1 Å². The number of aliphatic hydroxyl groups is 1. The topological polar surface area (TPSA) is 173 Å². The fourth-order valence-corrected chi connectivity index (χ4v) is 7.63. The Bertz CT molecular complexity index is 1770. The van der Waals surface area contributed by atoms with Gasteiger partial charge >= 0.3 is 10.1 Å². The van der Waals surface area contributed by atoms with Crippen LogP contribution >= 0.6 is 11.6 Å². The molecule has 3 aliphatic rings. The summed E-state index contributed by atoms with van der Waals surface area (Å²) in [6, 6.07) is 7.35. The second-order valence-electron chi connectivity index (χ2n) is 10.5. The summed E-state index contributed by atoms with van der Waals surface area (Å²) in [5.41, 5.74) is 3.54. The van der Waals surface area contributed by atoms with E-state index in [-0.39, 0.29) is 18.0 Å². The molecular weight excluding hydrogens is 601 g/mol. The largest absolute Gasteiger partial charge is 0.509 e. The first-order valence-electron chi connectivity index (χ1n) is 12.3. The van der Waals surface area contributed by atoms with Crippen molar-refractivity contribution in [1.29, 1.82) is 0 Å². The molecule has 218 valence electrons. The molecule has 11 nitrogen and oxygen atoms in total. The minimum absolute atomic E-state index is 0.0589. The molecular formula is C26H25ClFN3O8S2. The zero-order chi connectivity index (χ0) is 30.1. The molecule has 0 bridgehead atoms. The summed E-state index contributed by atoms with van der Waals surface area (Å²) < 4.78 is 69.1. The van der Waals surface area contributed by atoms with E-state index in [9.17, 15) is 35.9 Å². The Balaban J connectivity index is 1.57. The summed E-state index contributed by atoms with van der Waals surface area (Å²) in [7, 11) is -8.46. The van der Waals surface area contributed by atoms with E-state index in [2.05, 4.69) is 5.32 Å². The van der Waals surface area contributed by atoms with Gasteiger partial charge in [-0.15, -0.1) is 0 Å². The molecule has 0 radical (unpaired) electrons. The van der Waals surface area contributed by atoms with Crippen molar-refractivity contribution in [1.82, 2.24) is 4.90 Å². The van der Waals surface area contributed by atoms with Crippen LogP contribution in [-0.2, 0) is 36.1 Å². The van der Waals surface area contributed by atoms with Crippen molar-refractivity contribution in [3.8, 4) is 5.75 Å². The first-order chi connectivity index (χ1) is 19.1. The van der Waals surface area contributed by atoms with E-state index >= 15 is 0 Å². The second kappa shape index (κ2) is 9.74. The fourth-order valence-electron chi connectivity index (χ4n) is 4.72. The van der Waals surface area contributed by atoms with Gasteiger partial charge in [-0.2, -0.15) is 8.42 Å². The van der Waals surface area contributed by atoms with Crippen LogP contribution in [0.4, 0.5) is 10.1 Å². The van der Waals surface area contributed by atoms with E-state index in [4.69, 9.17) is 21.5 Å². The van der Waals surface area contributed by atoms with E-state index in [0.717, 1.165) is 11.0 Å². The number of carbonyl (C=O) groups excluding carboxylic acids is 2. The number of halogens is 2. The van der Waals surface area contributed by atoms with Crippen LogP contribution < -0.4 is 15.2 Å². The zero-order valence-electron chi connectivity index (χ0n) is 21.7. The van der Waals surface area contributed by atoms with Crippen LogP contribution in [0.15, 0.2) is 68.8 Å². The Hall–Kier alpha value is -3.62. The number of fused-ring (bicyclic) bond motifs is 1. The molecule has 2 aromatic rings. The SMILES string of the molecule is CC(C)(C(N)=O)[C@H]1C(O)=C(C2=C(Cl)S(=O)(=O)c3cc(OS(=O)(=O)C4CC4)ccc3N2)C(=O)N1Cc1ccc(F)cc1. The number of sulfone groups is 1. The zero-order valence-corrected chi connectivity index (χ0v) is 24.1. The molecule has 5 rings (SSSR count). The van der Waals surface area contributed by atoms with E-state index in [1.165, 1.54) is 50.2 Å². The van der Waals surface area contributed by atoms with Gasteiger partial charge in [-0.1, -0.05) is 23.7 Å². The molecule has 1 saturated carbocycles. The summed E-state index contributed by atoms with van der Waals surface area (Å²) in [6.07, 6.45) is 0.896. The lowest BCUT2D eigenvalue weighted by Crippen LogP contribution is -2.50. The van der Waals surface area contributed by atoms with Crippen LogP contribution in [0.3, 0.4) is 0 Å². The summed E-state index contributed by atoms with van der Waals surface area (Å²) in [5, 5.41) is 13.5. The first-order valence-corrected chi connectivity index (χ1v) is 15.7. The predicted octanol–water partition coefficient (Wildman–Crippen LogP) is 3.04. The molecule has 0 spiro atoms.